The summed E-state index contributed by atoms with van der Waals surface area (Å²) in [6.07, 6.45) is 6.35. The number of sulfone groups is 1. The van der Waals surface area contributed by atoms with Gasteiger partial charge in [-0.2, -0.15) is 0 Å². The van der Waals surface area contributed by atoms with Crippen LogP contribution in [0.15, 0.2) is 0 Å². The summed E-state index contributed by atoms with van der Waals surface area (Å²) >= 11 is 0. The van der Waals surface area contributed by atoms with Crippen LogP contribution in [0.2, 0.25) is 0 Å². The van der Waals surface area contributed by atoms with Crippen LogP contribution < -0.4 is 5.32 Å². The van der Waals surface area contributed by atoms with E-state index >= 15 is 0 Å². The maximum absolute atomic E-state index is 11.1. The number of hydrogen-bond donors (Lipinski definition) is 1. The van der Waals surface area contributed by atoms with Crippen molar-refractivity contribution in [2.75, 3.05) is 12.0 Å². The van der Waals surface area contributed by atoms with Crippen LogP contribution in [0.4, 0.5) is 0 Å². The lowest BCUT2D eigenvalue weighted by Gasteiger charge is -2.32. The van der Waals surface area contributed by atoms with Crippen LogP contribution in [-0.2, 0) is 9.84 Å². The molecule has 0 spiro atoms. The lowest BCUT2D eigenvalue weighted by Crippen LogP contribution is -2.44. The highest BCUT2D eigenvalue weighted by Crippen LogP contribution is 2.24. The van der Waals surface area contributed by atoms with E-state index < -0.39 is 9.84 Å². The van der Waals surface area contributed by atoms with Crippen LogP contribution >= 0.6 is 0 Å². The van der Waals surface area contributed by atoms with E-state index in [-0.39, 0.29) is 11.8 Å². The highest BCUT2D eigenvalue weighted by molar-refractivity contribution is 7.90. The Kier molecular flexibility index (Phi) is 4.59. The maximum atomic E-state index is 11.1. The highest BCUT2D eigenvalue weighted by atomic mass is 32.2. The molecule has 0 aromatic carbocycles. The Balaban J connectivity index is 2.39. The van der Waals surface area contributed by atoms with E-state index in [0.717, 1.165) is 0 Å². The standard InChI is InChI=1S/C11H23NO2S/c1-9-6-4-5-7-11(9)12-10(2)8-15(3,13)14/h9-12H,4-8H2,1-3H3. The van der Waals surface area contributed by atoms with E-state index in [9.17, 15) is 8.42 Å². The first kappa shape index (κ1) is 13.0. The van der Waals surface area contributed by atoms with Crippen LogP contribution in [0, 0.1) is 5.92 Å². The zero-order valence-electron chi connectivity index (χ0n) is 9.99. The topological polar surface area (TPSA) is 46.2 Å². The van der Waals surface area contributed by atoms with Gasteiger partial charge in [0.25, 0.3) is 0 Å². The molecule has 0 aliphatic heterocycles. The second-order valence-corrected chi connectivity index (χ2v) is 7.21. The Hall–Kier alpha value is -0.0900. The zero-order valence-corrected chi connectivity index (χ0v) is 10.8. The van der Waals surface area contributed by atoms with Gasteiger partial charge in [0.1, 0.15) is 9.84 Å². The number of rotatable bonds is 4. The van der Waals surface area contributed by atoms with Gasteiger partial charge in [0, 0.05) is 18.3 Å². The van der Waals surface area contributed by atoms with Gasteiger partial charge in [0.05, 0.1) is 5.75 Å². The van der Waals surface area contributed by atoms with Crippen LogP contribution in [0.1, 0.15) is 39.5 Å². The van der Waals surface area contributed by atoms with Gasteiger partial charge in [-0.3, -0.25) is 0 Å². The fraction of sp³-hybridized carbons (Fsp3) is 1.00. The summed E-state index contributed by atoms with van der Waals surface area (Å²) in [5.74, 6) is 0.928. The molecule has 0 aromatic rings. The molecule has 4 heteroatoms. The first-order valence-corrected chi connectivity index (χ1v) is 7.88. The summed E-state index contributed by atoms with van der Waals surface area (Å²) in [7, 11) is -2.85. The average Bonchev–Trinajstić information content (AvgIpc) is 2.05. The van der Waals surface area contributed by atoms with E-state index in [4.69, 9.17) is 0 Å². The molecular formula is C11H23NO2S. The Morgan fingerprint density at radius 1 is 1.33 bits per heavy atom. The fourth-order valence-corrected chi connectivity index (χ4v) is 3.44. The van der Waals surface area contributed by atoms with Crippen LogP contribution in [0.3, 0.4) is 0 Å². The van der Waals surface area contributed by atoms with Gasteiger partial charge in [-0.1, -0.05) is 19.8 Å². The summed E-state index contributed by atoms with van der Waals surface area (Å²) in [6, 6.07) is 0.584. The molecule has 3 atom stereocenters. The molecule has 0 radical (unpaired) electrons. The van der Waals surface area contributed by atoms with Crippen molar-refractivity contribution in [1.29, 1.82) is 0 Å². The molecule has 1 rings (SSSR count). The van der Waals surface area contributed by atoms with Gasteiger partial charge in [0.2, 0.25) is 0 Å². The summed E-state index contributed by atoms with van der Waals surface area (Å²) in [6.45, 7) is 4.21. The van der Waals surface area contributed by atoms with Crippen molar-refractivity contribution >= 4 is 9.84 Å². The third kappa shape index (κ3) is 4.98. The highest BCUT2D eigenvalue weighted by Gasteiger charge is 2.23. The Labute approximate surface area is 93.6 Å². The summed E-state index contributed by atoms with van der Waals surface area (Å²) < 4.78 is 22.2. The van der Waals surface area contributed by atoms with Crippen molar-refractivity contribution in [1.82, 2.24) is 5.32 Å². The van der Waals surface area contributed by atoms with Crippen molar-refractivity contribution < 1.29 is 8.42 Å². The van der Waals surface area contributed by atoms with Gasteiger partial charge in [-0.15, -0.1) is 0 Å². The quantitative estimate of drug-likeness (QED) is 0.802. The number of nitrogens with one attached hydrogen (secondary N) is 1. The lowest BCUT2D eigenvalue weighted by atomic mass is 9.85. The van der Waals surface area contributed by atoms with Gasteiger partial charge < -0.3 is 5.32 Å². The fourth-order valence-electron chi connectivity index (χ4n) is 2.43. The second-order valence-electron chi connectivity index (χ2n) is 5.03. The summed E-state index contributed by atoms with van der Waals surface area (Å²) in [5, 5.41) is 3.45. The van der Waals surface area contributed by atoms with Crippen molar-refractivity contribution in [2.24, 2.45) is 5.92 Å². The molecule has 3 nitrogen and oxygen atoms in total. The SMILES string of the molecule is CC(CS(C)(=O)=O)NC1CCCCC1C. The second kappa shape index (κ2) is 5.30. The van der Waals surface area contributed by atoms with Gasteiger partial charge >= 0.3 is 0 Å². The zero-order chi connectivity index (χ0) is 11.5. The molecule has 3 unspecified atom stereocenters. The van der Waals surface area contributed by atoms with Gasteiger partial charge in [-0.25, -0.2) is 8.42 Å². The van der Waals surface area contributed by atoms with E-state index in [2.05, 4.69) is 12.2 Å². The molecule has 0 saturated heterocycles. The Bertz CT molecular complexity index is 287. The molecular weight excluding hydrogens is 210 g/mol. The van der Waals surface area contributed by atoms with Crippen molar-refractivity contribution in [3.8, 4) is 0 Å². The maximum Gasteiger partial charge on any atom is 0.148 e. The van der Waals surface area contributed by atoms with Crippen LogP contribution in [-0.4, -0.2) is 32.5 Å². The smallest absolute Gasteiger partial charge is 0.148 e. The summed E-state index contributed by atoms with van der Waals surface area (Å²) in [5.41, 5.74) is 0. The third-order valence-corrected chi connectivity index (χ3v) is 4.27. The van der Waals surface area contributed by atoms with E-state index in [1.807, 2.05) is 6.92 Å². The molecule has 90 valence electrons. The first-order valence-electron chi connectivity index (χ1n) is 5.82. The predicted molar refractivity (Wildman–Crippen MR) is 63.7 cm³/mol. The minimum absolute atomic E-state index is 0.0746. The van der Waals surface area contributed by atoms with Crippen molar-refractivity contribution in [3.05, 3.63) is 0 Å². The Morgan fingerprint density at radius 3 is 2.47 bits per heavy atom. The molecule has 1 N–H and O–H groups in total. The largest absolute Gasteiger partial charge is 0.310 e. The van der Waals surface area contributed by atoms with Crippen molar-refractivity contribution in [3.63, 3.8) is 0 Å². The van der Waals surface area contributed by atoms with E-state index in [1.165, 1.54) is 31.9 Å². The third-order valence-electron chi connectivity index (χ3n) is 3.16. The van der Waals surface area contributed by atoms with Gasteiger partial charge in [-0.05, 0) is 25.7 Å². The molecule has 1 aliphatic rings. The molecule has 0 bridgehead atoms. The molecule has 1 saturated carbocycles. The molecule has 0 heterocycles. The molecule has 1 fully saturated rings. The first-order chi connectivity index (χ1) is 6.88. The van der Waals surface area contributed by atoms with Gasteiger partial charge in [0.15, 0.2) is 0 Å². The average molecular weight is 233 g/mol. The van der Waals surface area contributed by atoms with E-state index in [0.29, 0.717) is 12.0 Å². The monoisotopic (exact) mass is 233 g/mol. The molecule has 1 aliphatic carbocycles. The van der Waals surface area contributed by atoms with Crippen molar-refractivity contribution in [2.45, 2.75) is 51.6 Å². The van der Waals surface area contributed by atoms with E-state index in [1.54, 1.807) is 0 Å². The predicted octanol–water partition coefficient (Wildman–Crippen LogP) is 1.59. The lowest BCUT2D eigenvalue weighted by molar-refractivity contribution is 0.267. The normalized spacial score (nSPS) is 30.1. The molecule has 15 heavy (non-hydrogen) atoms. The van der Waals surface area contributed by atoms with Crippen LogP contribution in [0.25, 0.3) is 0 Å². The molecule has 0 amide bonds. The minimum atomic E-state index is -2.85. The Morgan fingerprint density at radius 2 is 1.93 bits per heavy atom. The molecule has 0 aromatic heterocycles. The number of hydrogen-bond acceptors (Lipinski definition) is 3. The summed E-state index contributed by atoms with van der Waals surface area (Å²) in [4.78, 5) is 0. The minimum Gasteiger partial charge on any atom is -0.310 e. The van der Waals surface area contributed by atoms with Crippen LogP contribution in [0.5, 0.6) is 0 Å².